The van der Waals surface area contributed by atoms with Crippen molar-refractivity contribution in [2.45, 2.75) is 19.3 Å². The van der Waals surface area contributed by atoms with Crippen molar-refractivity contribution in [2.75, 3.05) is 63.1 Å². The molecular formula is C26H32N4O5. The van der Waals surface area contributed by atoms with Gasteiger partial charge in [-0.15, -0.1) is 0 Å². The number of ether oxygens (including phenoxy) is 1. The fourth-order valence-corrected chi connectivity index (χ4v) is 4.64. The highest BCUT2D eigenvalue weighted by atomic mass is 16.5. The maximum Gasteiger partial charge on any atom is 0.337 e. The summed E-state index contributed by atoms with van der Waals surface area (Å²) in [7, 11) is 1.48. The first-order valence-corrected chi connectivity index (χ1v) is 12.0. The van der Waals surface area contributed by atoms with Crippen molar-refractivity contribution in [3.8, 4) is 5.75 Å². The van der Waals surface area contributed by atoms with Crippen molar-refractivity contribution >= 4 is 29.2 Å². The lowest BCUT2D eigenvalue weighted by Crippen LogP contribution is -2.50. The number of hydrogen-bond acceptors (Lipinski definition) is 6. The summed E-state index contributed by atoms with van der Waals surface area (Å²) in [5.74, 6) is -0.950. The molecule has 0 spiro atoms. The van der Waals surface area contributed by atoms with Gasteiger partial charge in [-0.25, -0.2) is 4.79 Å². The molecule has 2 aromatic rings. The first-order chi connectivity index (χ1) is 17.0. The van der Waals surface area contributed by atoms with Gasteiger partial charge < -0.3 is 25.0 Å². The summed E-state index contributed by atoms with van der Waals surface area (Å²) >= 11 is 0. The van der Waals surface area contributed by atoms with Crippen LogP contribution in [0, 0.1) is 0 Å². The Morgan fingerprint density at radius 1 is 0.914 bits per heavy atom. The number of piperazine rings is 1. The van der Waals surface area contributed by atoms with E-state index >= 15 is 0 Å². The average Bonchev–Trinajstić information content (AvgIpc) is 2.89. The highest BCUT2D eigenvalue weighted by Crippen LogP contribution is 2.26. The van der Waals surface area contributed by atoms with Crippen LogP contribution < -0.4 is 15.0 Å². The summed E-state index contributed by atoms with van der Waals surface area (Å²) < 4.78 is 5.24. The zero-order chi connectivity index (χ0) is 24.8. The van der Waals surface area contributed by atoms with Gasteiger partial charge in [-0.05, 0) is 49.6 Å². The molecule has 2 fully saturated rings. The number of carbonyl (C=O) groups is 3. The lowest BCUT2D eigenvalue weighted by Gasteiger charge is -2.37. The Morgan fingerprint density at radius 3 is 2.31 bits per heavy atom. The monoisotopic (exact) mass is 480 g/mol. The van der Waals surface area contributed by atoms with Crippen LogP contribution in [-0.2, 0) is 4.79 Å². The number of rotatable bonds is 7. The SMILES string of the molecule is COc1ccccc1C(=O)Nc1ccc(N2CCN(CC(=O)N3CCCCC3)CC2)cc1C(=O)O. The van der Waals surface area contributed by atoms with Crippen molar-refractivity contribution < 1.29 is 24.2 Å². The number of benzene rings is 2. The molecule has 4 rings (SSSR count). The van der Waals surface area contributed by atoms with Crippen LogP contribution in [0.3, 0.4) is 0 Å². The largest absolute Gasteiger partial charge is 0.496 e. The fraction of sp³-hybridized carbons (Fsp3) is 0.423. The van der Waals surface area contributed by atoms with E-state index in [1.807, 2.05) is 11.0 Å². The highest BCUT2D eigenvalue weighted by Gasteiger charge is 2.24. The van der Waals surface area contributed by atoms with Crippen LogP contribution in [0.4, 0.5) is 11.4 Å². The number of carbonyl (C=O) groups excluding carboxylic acids is 2. The van der Waals surface area contributed by atoms with E-state index in [1.54, 1.807) is 36.4 Å². The van der Waals surface area contributed by atoms with Gasteiger partial charge in [0.15, 0.2) is 0 Å². The molecule has 0 bridgehead atoms. The number of methoxy groups -OCH3 is 1. The van der Waals surface area contributed by atoms with E-state index in [4.69, 9.17) is 4.74 Å². The zero-order valence-electron chi connectivity index (χ0n) is 20.0. The lowest BCUT2D eigenvalue weighted by atomic mass is 10.1. The van der Waals surface area contributed by atoms with E-state index in [-0.39, 0.29) is 17.2 Å². The smallest absolute Gasteiger partial charge is 0.337 e. The molecule has 2 saturated heterocycles. The minimum absolute atomic E-state index is 0.0217. The number of hydrogen-bond donors (Lipinski definition) is 2. The van der Waals surface area contributed by atoms with Crippen molar-refractivity contribution in [3.63, 3.8) is 0 Å². The molecule has 0 radical (unpaired) electrons. The molecule has 35 heavy (non-hydrogen) atoms. The van der Waals surface area contributed by atoms with E-state index in [9.17, 15) is 19.5 Å². The number of carboxylic acids is 1. The molecule has 2 aliphatic heterocycles. The molecule has 9 nitrogen and oxygen atoms in total. The van der Waals surface area contributed by atoms with Crippen LogP contribution in [0.5, 0.6) is 5.75 Å². The summed E-state index contributed by atoms with van der Waals surface area (Å²) in [6, 6.07) is 11.8. The van der Waals surface area contributed by atoms with Gasteiger partial charge in [-0.3, -0.25) is 14.5 Å². The van der Waals surface area contributed by atoms with E-state index in [0.29, 0.717) is 30.9 Å². The van der Waals surface area contributed by atoms with E-state index in [1.165, 1.54) is 13.5 Å². The molecule has 186 valence electrons. The molecule has 0 saturated carbocycles. The number of aromatic carboxylic acids is 1. The minimum Gasteiger partial charge on any atom is -0.496 e. The second-order valence-corrected chi connectivity index (χ2v) is 8.89. The number of para-hydroxylation sites is 1. The Morgan fingerprint density at radius 2 is 1.63 bits per heavy atom. The number of anilines is 2. The van der Waals surface area contributed by atoms with Crippen LogP contribution in [0.2, 0.25) is 0 Å². The third-order valence-electron chi connectivity index (χ3n) is 6.64. The van der Waals surface area contributed by atoms with Gasteiger partial charge in [0, 0.05) is 45.0 Å². The summed E-state index contributed by atoms with van der Waals surface area (Å²) in [6.45, 7) is 5.00. The van der Waals surface area contributed by atoms with Crippen LogP contribution in [0.1, 0.15) is 40.0 Å². The molecule has 0 aliphatic carbocycles. The summed E-state index contributed by atoms with van der Waals surface area (Å²) in [5, 5.41) is 12.5. The Kier molecular flexibility index (Phi) is 7.87. The number of amides is 2. The Hall–Kier alpha value is -3.59. The van der Waals surface area contributed by atoms with Crippen molar-refractivity contribution in [3.05, 3.63) is 53.6 Å². The van der Waals surface area contributed by atoms with Gasteiger partial charge in [-0.2, -0.15) is 0 Å². The summed E-state index contributed by atoms with van der Waals surface area (Å²) in [5.41, 5.74) is 1.35. The standard InChI is InChI=1S/C26H32N4O5/c1-35-23-8-4-3-7-20(23)25(32)27-22-10-9-19(17-21(22)26(33)34)29-15-13-28(14-16-29)18-24(31)30-11-5-2-6-12-30/h3-4,7-10,17H,2,5-6,11-16,18H2,1H3,(H,27,32)(H,33,34). The topological polar surface area (TPSA) is 102 Å². The van der Waals surface area contributed by atoms with E-state index in [0.717, 1.165) is 44.7 Å². The molecule has 2 N–H and O–H groups in total. The average molecular weight is 481 g/mol. The maximum atomic E-state index is 12.8. The lowest BCUT2D eigenvalue weighted by molar-refractivity contribution is -0.133. The number of carboxylic acid groups (broad SMARTS) is 1. The van der Waals surface area contributed by atoms with Gasteiger partial charge in [0.05, 0.1) is 30.5 Å². The second-order valence-electron chi connectivity index (χ2n) is 8.89. The van der Waals surface area contributed by atoms with Crippen molar-refractivity contribution in [2.24, 2.45) is 0 Å². The number of nitrogens with zero attached hydrogens (tertiary/aromatic N) is 3. The fourth-order valence-electron chi connectivity index (χ4n) is 4.64. The number of likely N-dealkylation sites (tertiary alicyclic amines) is 1. The van der Waals surface area contributed by atoms with Gasteiger partial charge in [0.1, 0.15) is 5.75 Å². The van der Waals surface area contributed by atoms with Crippen molar-refractivity contribution in [1.29, 1.82) is 0 Å². The zero-order valence-corrected chi connectivity index (χ0v) is 20.0. The minimum atomic E-state index is -1.12. The highest BCUT2D eigenvalue weighted by molar-refractivity contribution is 6.09. The number of piperidine rings is 1. The van der Waals surface area contributed by atoms with Gasteiger partial charge >= 0.3 is 5.97 Å². The maximum absolute atomic E-state index is 12.8. The van der Waals surface area contributed by atoms with Gasteiger partial charge in [-0.1, -0.05) is 12.1 Å². The van der Waals surface area contributed by atoms with Crippen molar-refractivity contribution in [1.82, 2.24) is 9.80 Å². The van der Waals surface area contributed by atoms with Gasteiger partial charge in [0.25, 0.3) is 5.91 Å². The molecular weight excluding hydrogens is 448 g/mol. The second kappa shape index (κ2) is 11.2. The first-order valence-electron chi connectivity index (χ1n) is 12.0. The molecule has 9 heteroatoms. The summed E-state index contributed by atoms with van der Waals surface area (Å²) in [4.78, 5) is 43.5. The van der Waals surface area contributed by atoms with Crippen LogP contribution in [-0.4, -0.2) is 85.6 Å². The molecule has 2 aromatic carbocycles. The molecule has 2 heterocycles. The van der Waals surface area contributed by atoms with E-state index in [2.05, 4.69) is 15.1 Å². The molecule has 0 unspecified atom stereocenters. The predicted octanol–water partition coefficient (Wildman–Crippen LogP) is 2.78. The molecule has 2 aliphatic rings. The third-order valence-corrected chi connectivity index (χ3v) is 6.64. The number of nitrogens with one attached hydrogen (secondary N) is 1. The third kappa shape index (κ3) is 5.92. The first kappa shape index (κ1) is 24.5. The van der Waals surface area contributed by atoms with Gasteiger partial charge in [0.2, 0.25) is 5.91 Å². The molecule has 0 aromatic heterocycles. The summed E-state index contributed by atoms with van der Waals surface area (Å²) in [6.07, 6.45) is 3.37. The quantitative estimate of drug-likeness (QED) is 0.628. The Labute approximate surface area is 205 Å². The molecule has 0 atom stereocenters. The van der Waals surface area contributed by atoms with E-state index < -0.39 is 11.9 Å². The van der Waals surface area contributed by atoms with Crippen LogP contribution in [0.25, 0.3) is 0 Å². The Balaban J connectivity index is 1.39. The normalized spacial score (nSPS) is 16.6. The Bertz CT molecular complexity index is 1080. The van der Waals surface area contributed by atoms with Crippen LogP contribution in [0.15, 0.2) is 42.5 Å². The molecule has 2 amide bonds. The predicted molar refractivity (Wildman–Crippen MR) is 133 cm³/mol. The van der Waals surface area contributed by atoms with Crippen LogP contribution >= 0.6 is 0 Å².